The van der Waals surface area contributed by atoms with Crippen molar-refractivity contribution in [2.24, 2.45) is 0 Å². The molecule has 0 unspecified atom stereocenters. The normalized spacial score (nSPS) is 13.9. The van der Waals surface area contributed by atoms with Crippen LogP contribution in [0.15, 0.2) is 60.7 Å². The van der Waals surface area contributed by atoms with E-state index in [-0.39, 0.29) is 22.8 Å². The van der Waals surface area contributed by atoms with Crippen molar-refractivity contribution in [3.63, 3.8) is 0 Å². The Hall–Kier alpha value is -3.80. The zero-order chi connectivity index (χ0) is 26.3. The molecule has 4 rings (SSSR count). The van der Waals surface area contributed by atoms with Crippen LogP contribution >= 0.6 is 0 Å². The molecule has 190 valence electrons. The van der Waals surface area contributed by atoms with Gasteiger partial charge in [-0.2, -0.15) is 26.3 Å². The Kier molecular flexibility index (Phi) is 6.33. The maximum Gasteiger partial charge on any atom is 0.430 e. The van der Waals surface area contributed by atoms with E-state index >= 15 is 0 Å². The van der Waals surface area contributed by atoms with E-state index in [4.69, 9.17) is 9.47 Å². The van der Waals surface area contributed by atoms with Crippen LogP contribution in [-0.4, -0.2) is 36.6 Å². The first-order chi connectivity index (χ1) is 16.8. The van der Waals surface area contributed by atoms with E-state index in [1.807, 2.05) is 0 Å². The third-order valence-electron chi connectivity index (χ3n) is 5.47. The molecule has 1 aliphatic rings. The second kappa shape index (κ2) is 9.01. The SMILES string of the molecule is O=C(Nc1ccc(-c2ccc(C(O)(C(F)(F)F)C(F)(F)F)cc2F)cc1)c1ccc2c(c1)OCCO2. The van der Waals surface area contributed by atoms with Gasteiger partial charge in [0.1, 0.15) is 19.0 Å². The van der Waals surface area contributed by atoms with Gasteiger partial charge in [0.15, 0.2) is 11.5 Å². The molecule has 3 aromatic rings. The Morgan fingerprint density at radius 3 is 2.00 bits per heavy atom. The van der Waals surface area contributed by atoms with Gasteiger partial charge in [0.2, 0.25) is 0 Å². The van der Waals surface area contributed by atoms with E-state index in [2.05, 4.69) is 5.32 Å². The van der Waals surface area contributed by atoms with Gasteiger partial charge in [0.05, 0.1) is 0 Å². The minimum Gasteiger partial charge on any atom is -0.486 e. The molecule has 3 aromatic carbocycles. The minimum absolute atomic E-state index is 0.00608. The fourth-order valence-electron chi connectivity index (χ4n) is 3.58. The lowest BCUT2D eigenvalue weighted by Gasteiger charge is -2.32. The Bertz CT molecular complexity index is 1270. The molecule has 0 fully saturated rings. The van der Waals surface area contributed by atoms with Gasteiger partial charge in [0.25, 0.3) is 11.5 Å². The van der Waals surface area contributed by atoms with Gasteiger partial charge in [-0.25, -0.2) is 4.39 Å². The predicted octanol–water partition coefficient (Wildman–Crippen LogP) is 5.83. The van der Waals surface area contributed by atoms with Gasteiger partial charge in [0, 0.05) is 22.4 Å². The van der Waals surface area contributed by atoms with Crippen LogP contribution < -0.4 is 14.8 Å². The summed E-state index contributed by atoms with van der Waals surface area (Å²) < 4.78 is 104. The number of ether oxygens (including phenoxy) is 2. The summed E-state index contributed by atoms with van der Waals surface area (Å²) in [7, 11) is 0. The maximum absolute atomic E-state index is 14.6. The number of halogens is 7. The van der Waals surface area contributed by atoms with Crippen LogP contribution in [0.2, 0.25) is 0 Å². The van der Waals surface area contributed by atoms with Crippen LogP contribution in [0, 0.1) is 5.82 Å². The van der Waals surface area contributed by atoms with Crippen molar-refractivity contribution in [1.29, 1.82) is 0 Å². The predicted molar refractivity (Wildman–Crippen MR) is 113 cm³/mol. The molecule has 1 aliphatic heterocycles. The molecule has 0 saturated heterocycles. The third kappa shape index (κ3) is 4.55. The lowest BCUT2D eigenvalue weighted by atomic mass is 9.90. The number of amides is 1. The summed E-state index contributed by atoms with van der Waals surface area (Å²) in [6.07, 6.45) is -12.3. The van der Waals surface area contributed by atoms with Gasteiger partial charge in [-0.1, -0.05) is 24.3 Å². The van der Waals surface area contributed by atoms with E-state index in [1.54, 1.807) is 6.07 Å². The Morgan fingerprint density at radius 1 is 0.806 bits per heavy atom. The molecule has 0 saturated carbocycles. The number of aliphatic hydroxyl groups is 1. The second-order valence-corrected chi connectivity index (χ2v) is 7.79. The number of rotatable bonds is 4. The van der Waals surface area contributed by atoms with E-state index < -0.39 is 35.2 Å². The number of anilines is 1. The van der Waals surface area contributed by atoms with Crippen LogP contribution in [0.3, 0.4) is 0 Å². The topological polar surface area (TPSA) is 67.8 Å². The standard InChI is InChI=1S/C24H16F7NO4/c25-18-12-15(22(34,23(26,27)28)24(29,30)31)4-7-17(18)13-1-5-16(6-2-13)32-21(33)14-3-8-19-20(11-14)36-10-9-35-19/h1-8,11-12,34H,9-10H2,(H,32,33). The number of alkyl halides is 6. The molecule has 12 heteroatoms. The summed E-state index contributed by atoms with van der Waals surface area (Å²) >= 11 is 0. The molecule has 36 heavy (non-hydrogen) atoms. The van der Waals surface area contributed by atoms with Crippen molar-refractivity contribution in [3.05, 3.63) is 77.6 Å². The molecule has 0 atom stereocenters. The van der Waals surface area contributed by atoms with Crippen LogP contribution in [-0.2, 0) is 5.60 Å². The van der Waals surface area contributed by atoms with Gasteiger partial charge in [-0.3, -0.25) is 4.79 Å². The van der Waals surface area contributed by atoms with Gasteiger partial charge in [-0.05, 0) is 42.0 Å². The number of carbonyl (C=O) groups is 1. The second-order valence-electron chi connectivity index (χ2n) is 7.79. The summed E-state index contributed by atoms with van der Waals surface area (Å²) in [5, 5.41) is 12.1. The van der Waals surface area contributed by atoms with Crippen LogP contribution in [0.4, 0.5) is 36.4 Å². The highest BCUT2D eigenvalue weighted by Gasteiger charge is 2.71. The van der Waals surface area contributed by atoms with Crippen molar-refractivity contribution in [2.45, 2.75) is 18.0 Å². The molecule has 0 bridgehead atoms. The van der Waals surface area contributed by atoms with Gasteiger partial charge < -0.3 is 19.9 Å². The molecule has 0 radical (unpaired) electrons. The highest BCUT2D eigenvalue weighted by molar-refractivity contribution is 6.04. The summed E-state index contributed by atoms with van der Waals surface area (Å²) in [4.78, 5) is 12.5. The average Bonchev–Trinajstić information content (AvgIpc) is 2.82. The highest BCUT2D eigenvalue weighted by atomic mass is 19.4. The number of hydrogen-bond acceptors (Lipinski definition) is 4. The van der Waals surface area contributed by atoms with Crippen LogP contribution in [0.5, 0.6) is 11.5 Å². The largest absolute Gasteiger partial charge is 0.486 e. The van der Waals surface area contributed by atoms with Crippen LogP contribution in [0.1, 0.15) is 15.9 Å². The number of fused-ring (bicyclic) bond motifs is 1. The first-order valence-corrected chi connectivity index (χ1v) is 10.3. The zero-order valence-electron chi connectivity index (χ0n) is 18.0. The summed E-state index contributed by atoms with van der Waals surface area (Å²) in [5.74, 6) is -0.994. The molecular weight excluding hydrogens is 499 g/mol. The molecule has 1 heterocycles. The first-order valence-electron chi connectivity index (χ1n) is 10.3. The number of nitrogens with one attached hydrogen (secondary N) is 1. The Labute approximate surface area is 199 Å². The third-order valence-corrected chi connectivity index (χ3v) is 5.47. The Morgan fingerprint density at radius 2 is 1.42 bits per heavy atom. The Balaban J connectivity index is 1.54. The summed E-state index contributed by atoms with van der Waals surface area (Å²) in [6, 6.07) is 11.0. The van der Waals surface area contributed by atoms with E-state index in [1.165, 1.54) is 36.4 Å². The molecular formula is C24H16F7NO4. The lowest BCUT2D eigenvalue weighted by Crippen LogP contribution is -2.53. The molecule has 0 aromatic heterocycles. The van der Waals surface area contributed by atoms with Crippen molar-refractivity contribution in [3.8, 4) is 22.6 Å². The summed E-state index contributed by atoms with van der Waals surface area (Å²) in [6.45, 7) is 0.725. The smallest absolute Gasteiger partial charge is 0.430 e. The van der Waals surface area contributed by atoms with Gasteiger partial charge >= 0.3 is 12.4 Å². The summed E-state index contributed by atoms with van der Waals surface area (Å²) in [5.41, 5.74) is -6.58. The van der Waals surface area contributed by atoms with Gasteiger partial charge in [-0.15, -0.1) is 0 Å². The van der Waals surface area contributed by atoms with Crippen molar-refractivity contribution in [2.75, 3.05) is 18.5 Å². The van der Waals surface area contributed by atoms with Crippen LogP contribution in [0.25, 0.3) is 11.1 Å². The van der Waals surface area contributed by atoms with E-state index in [0.29, 0.717) is 42.5 Å². The first kappa shape index (κ1) is 25.3. The molecule has 1 amide bonds. The van der Waals surface area contributed by atoms with Crippen molar-refractivity contribution in [1.82, 2.24) is 0 Å². The zero-order valence-corrected chi connectivity index (χ0v) is 18.0. The number of carbonyl (C=O) groups excluding carboxylic acids is 1. The molecule has 0 spiro atoms. The quantitative estimate of drug-likeness (QED) is 0.430. The lowest BCUT2D eigenvalue weighted by molar-refractivity contribution is -0.376. The fraction of sp³-hybridized carbons (Fsp3) is 0.208. The highest BCUT2D eigenvalue weighted by Crippen LogP contribution is 2.50. The molecule has 0 aliphatic carbocycles. The van der Waals surface area contributed by atoms with E-state index in [0.717, 1.165) is 0 Å². The minimum atomic E-state index is -6.13. The molecule has 2 N–H and O–H groups in total. The number of benzene rings is 3. The monoisotopic (exact) mass is 515 g/mol. The fourth-order valence-corrected chi connectivity index (χ4v) is 3.58. The van der Waals surface area contributed by atoms with Crippen molar-refractivity contribution < 1.29 is 50.1 Å². The maximum atomic E-state index is 14.6. The average molecular weight is 515 g/mol. The number of hydrogen-bond donors (Lipinski definition) is 2. The van der Waals surface area contributed by atoms with Crippen molar-refractivity contribution >= 4 is 11.6 Å². The van der Waals surface area contributed by atoms with E-state index in [9.17, 15) is 40.6 Å². The molecule has 5 nitrogen and oxygen atoms in total.